The molecule has 1 amide bonds. The number of nitrogens with one attached hydrogen (secondary N) is 1. The van der Waals surface area contributed by atoms with Crippen molar-refractivity contribution in [2.24, 2.45) is 11.8 Å². The molecule has 2 saturated carbocycles. The molecule has 0 spiro atoms. The molecule has 3 fully saturated rings. The summed E-state index contributed by atoms with van der Waals surface area (Å²) in [4.78, 5) is 19.1. The van der Waals surface area contributed by atoms with Gasteiger partial charge in [0.1, 0.15) is 5.82 Å². The predicted octanol–water partition coefficient (Wildman–Crippen LogP) is 4.14. The van der Waals surface area contributed by atoms with E-state index >= 15 is 0 Å². The number of aliphatic hydroxyl groups excluding tert-OH is 1. The number of hydrogen-bond donors (Lipinski definition) is 3. The quantitative estimate of drug-likeness (QED) is 0.553. The largest absolute Gasteiger partial charge is 0.393 e. The van der Waals surface area contributed by atoms with Gasteiger partial charge in [0, 0.05) is 42.9 Å². The number of piperidine rings is 1. The maximum absolute atomic E-state index is 12.9. The number of carbonyl (C=O) groups is 1. The second kappa shape index (κ2) is 9.34. The van der Waals surface area contributed by atoms with E-state index in [1.807, 2.05) is 17.0 Å². The molecule has 0 radical (unpaired) electrons. The fourth-order valence-corrected chi connectivity index (χ4v) is 6.32. The number of anilines is 1. The van der Waals surface area contributed by atoms with Crippen LogP contribution in [-0.4, -0.2) is 58.9 Å². The van der Waals surface area contributed by atoms with Crippen molar-refractivity contribution in [1.82, 2.24) is 15.2 Å². The Morgan fingerprint density at radius 3 is 2.56 bits per heavy atom. The van der Waals surface area contributed by atoms with Gasteiger partial charge < -0.3 is 21.1 Å². The summed E-state index contributed by atoms with van der Waals surface area (Å²) in [5.41, 5.74) is 9.09. The van der Waals surface area contributed by atoms with Gasteiger partial charge in [-0.25, -0.2) is 4.98 Å². The van der Waals surface area contributed by atoms with Crippen LogP contribution < -0.4 is 11.1 Å². The van der Waals surface area contributed by atoms with Gasteiger partial charge in [0.15, 0.2) is 0 Å². The van der Waals surface area contributed by atoms with Crippen LogP contribution in [0.3, 0.4) is 0 Å². The number of aromatic nitrogens is 1. The van der Waals surface area contributed by atoms with Crippen molar-refractivity contribution in [2.75, 3.05) is 25.4 Å². The first-order valence-corrected chi connectivity index (χ1v) is 12.7. The van der Waals surface area contributed by atoms with E-state index < -0.39 is 12.6 Å². The second-order valence-electron chi connectivity index (χ2n) is 10.7. The summed E-state index contributed by atoms with van der Waals surface area (Å²) < 4.78 is 38.0. The first kappa shape index (κ1) is 25.0. The van der Waals surface area contributed by atoms with Crippen LogP contribution in [0.5, 0.6) is 0 Å². The van der Waals surface area contributed by atoms with Gasteiger partial charge in [-0.2, -0.15) is 13.2 Å². The van der Waals surface area contributed by atoms with Gasteiger partial charge in [-0.15, -0.1) is 0 Å². The van der Waals surface area contributed by atoms with Crippen molar-refractivity contribution < 1.29 is 23.1 Å². The lowest BCUT2D eigenvalue weighted by Crippen LogP contribution is -2.38. The van der Waals surface area contributed by atoms with E-state index in [1.165, 1.54) is 0 Å². The SMILES string of the molecule is CC1C2CN(CCC(F)(F)F)C[C@@]12c1ccc(-c2cnc(N)c(C(=O)NC3CCC(O)CC3)c2)cc1. The third kappa shape index (κ3) is 4.83. The summed E-state index contributed by atoms with van der Waals surface area (Å²) in [6.45, 7) is 3.59. The Hall–Kier alpha value is -2.65. The van der Waals surface area contributed by atoms with Crippen molar-refractivity contribution in [2.45, 2.75) is 62.8 Å². The molecule has 1 aromatic carbocycles. The van der Waals surface area contributed by atoms with Crippen molar-refractivity contribution in [3.8, 4) is 11.1 Å². The number of nitrogen functional groups attached to an aromatic ring is 1. The Balaban J connectivity index is 1.28. The van der Waals surface area contributed by atoms with Crippen molar-refractivity contribution in [1.29, 1.82) is 0 Å². The topological polar surface area (TPSA) is 91.5 Å². The second-order valence-corrected chi connectivity index (χ2v) is 10.7. The van der Waals surface area contributed by atoms with Gasteiger partial charge in [-0.3, -0.25) is 4.79 Å². The van der Waals surface area contributed by atoms with Crippen LogP contribution >= 0.6 is 0 Å². The Bertz CT molecular complexity index is 1110. The Morgan fingerprint density at radius 2 is 1.89 bits per heavy atom. The van der Waals surface area contributed by atoms with Crippen molar-refractivity contribution in [3.05, 3.63) is 47.7 Å². The lowest BCUT2D eigenvalue weighted by Gasteiger charge is -2.26. The zero-order chi connectivity index (χ0) is 25.7. The fraction of sp³-hybridized carbons (Fsp3) is 0.556. The van der Waals surface area contributed by atoms with Crippen LogP contribution in [0, 0.1) is 11.8 Å². The van der Waals surface area contributed by atoms with Gasteiger partial charge in [0.05, 0.1) is 18.1 Å². The maximum Gasteiger partial charge on any atom is 0.390 e. The number of carbonyl (C=O) groups excluding carboxylic acids is 1. The van der Waals surface area contributed by atoms with Crippen LogP contribution in [0.4, 0.5) is 19.0 Å². The predicted molar refractivity (Wildman–Crippen MR) is 131 cm³/mol. The van der Waals surface area contributed by atoms with E-state index in [0.29, 0.717) is 43.3 Å². The number of nitrogens with zero attached hydrogens (tertiary/aromatic N) is 2. The molecule has 3 aliphatic rings. The smallest absolute Gasteiger partial charge is 0.390 e. The third-order valence-electron chi connectivity index (χ3n) is 8.57. The summed E-state index contributed by atoms with van der Waals surface area (Å²) in [6.07, 6.45) is -0.740. The molecule has 2 heterocycles. The molecular weight excluding hydrogens is 469 g/mol. The number of pyridine rings is 1. The molecule has 1 aromatic heterocycles. The minimum atomic E-state index is -4.13. The highest BCUT2D eigenvalue weighted by atomic mass is 19.4. The summed E-state index contributed by atoms with van der Waals surface area (Å²) in [7, 11) is 0. The van der Waals surface area contributed by atoms with Gasteiger partial charge in [-0.1, -0.05) is 31.2 Å². The van der Waals surface area contributed by atoms with Crippen LogP contribution in [-0.2, 0) is 5.41 Å². The molecule has 4 N–H and O–H groups in total. The molecule has 5 rings (SSSR count). The number of fused-ring (bicyclic) bond motifs is 1. The zero-order valence-electron chi connectivity index (χ0n) is 20.4. The number of rotatable bonds is 6. The van der Waals surface area contributed by atoms with Gasteiger partial charge in [0.25, 0.3) is 5.91 Å². The van der Waals surface area contributed by atoms with E-state index in [-0.39, 0.29) is 35.8 Å². The van der Waals surface area contributed by atoms with Gasteiger partial charge in [0.2, 0.25) is 0 Å². The molecule has 9 heteroatoms. The summed E-state index contributed by atoms with van der Waals surface area (Å²) in [5.74, 6) is 0.728. The van der Waals surface area contributed by atoms with Crippen LogP contribution in [0.25, 0.3) is 11.1 Å². The fourth-order valence-electron chi connectivity index (χ4n) is 6.32. The van der Waals surface area contributed by atoms with E-state index in [0.717, 1.165) is 29.5 Å². The highest BCUT2D eigenvalue weighted by Crippen LogP contribution is 2.64. The number of amides is 1. The number of likely N-dealkylation sites (tertiary alicyclic amines) is 1. The molecule has 2 aliphatic carbocycles. The standard InChI is InChI=1S/C27H33F3N4O2/c1-16-23-14-34(11-10-27(28,29)30)15-26(16,23)19-4-2-17(3-5-19)18-12-22(24(31)32-13-18)25(36)33-20-6-8-21(35)9-7-20/h2-5,12-13,16,20-21,23,35H,6-11,14-15H2,1H3,(H2,31,32)(H,33,36)/t16?,20?,21?,23?,26-/m0/s1. The first-order valence-electron chi connectivity index (χ1n) is 12.7. The molecule has 1 saturated heterocycles. The summed E-state index contributed by atoms with van der Waals surface area (Å²) in [5, 5.41) is 12.7. The average Bonchev–Trinajstić information content (AvgIpc) is 3.20. The number of alkyl halides is 3. The molecule has 2 aromatic rings. The van der Waals surface area contributed by atoms with Crippen molar-refractivity contribution in [3.63, 3.8) is 0 Å². The van der Waals surface area contributed by atoms with Crippen LogP contribution in [0.1, 0.15) is 54.9 Å². The van der Waals surface area contributed by atoms with Gasteiger partial charge in [-0.05, 0) is 54.7 Å². The molecule has 2 unspecified atom stereocenters. The molecule has 194 valence electrons. The summed E-state index contributed by atoms with van der Waals surface area (Å²) >= 11 is 0. The molecular formula is C27H33F3N4O2. The van der Waals surface area contributed by atoms with Crippen LogP contribution in [0.15, 0.2) is 36.5 Å². The normalized spacial score (nSPS) is 30.1. The Labute approximate surface area is 209 Å². The third-order valence-corrected chi connectivity index (χ3v) is 8.57. The Morgan fingerprint density at radius 1 is 1.19 bits per heavy atom. The maximum atomic E-state index is 12.9. The number of benzene rings is 1. The number of hydrogen-bond acceptors (Lipinski definition) is 5. The van der Waals surface area contributed by atoms with E-state index in [2.05, 4.69) is 29.4 Å². The first-order chi connectivity index (χ1) is 17.1. The van der Waals surface area contributed by atoms with Gasteiger partial charge >= 0.3 is 6.18 Å². The highest BCUT2D eigenvalue weighted by molar-refractivity contribution is 5.99. The number of aliphatic hydroxyl groups is 1. The van der Waals surface area contributed by atoms with Crippen LogP contribution in [0.2, 0.25) is 0 Å². The molecule has 1 aliphatic heterocycles. The molecule has 6 nitrogen and oxygen atoms in total. The minimum Gasteiger partial charge on any atom is -0.393 e. The monoisotopic (exact) mass is 502 g/mol. The lowest BCUT2D eigenvalue weighted by molar-refractivity contribution is -0.137. The number of nitrogens with two attached hydrogens (primary N) is 1. The molecule has 36 heavy (non-hydrogen) atoms. The highest BCUT2D eigenvalue weighted by Gasteiger charge is 2.67. The van der Waals surface area contributed by atoms with Crippen molar-refractivity contribution >= 4 is 11.7 Å². The van der Waals surface area contributed by atoms with E-state index in [9.17, 15) is 23.1 Å². The number of halogens is 3. The lowest BCUT2D eigenvalue weighted by atomic mass is 9.91. The molecule has 3 atom stereocenters. The van der Waals surface area contributed by atoms with E-state index in [1.54, 1.807) is 12.3 Å². The molecule has 0 bridgehead atoms. The Kier molecular flexibility index (Phi) is 6.49. The summed E-state index contributed by atoms with van der Waals surface area (Å²) in [6, 6.07) is 9.85. The zero-order valence-corrected chi connectivity index (χ0v) is 20.4. The minimum absolute atomic E-state index is 0.0121. The van der Waals surface area contributed by atoms with E-state index in [4.69, 9.17) is 5.73 Å². The average molecular weight is 503 g/mol.